The van der Waals surface area contributed by atoms with Crippen molar-refractivity contribution >= 4 is 38.9 Å². The zero-order chi connectivity index (χ0) is 16.9. The topological polar surface area (TPSA) is 54.0 Å². The fraction of sp³-hybridized carbons (Fsp3) is 0. The molecule has 0 spiro atoms. The number of hydrogen-bond donors (Lipinski definition) is 2. The Bertz CT molecular complexity index is 885. The minimum absolute atomic E-state index is 0.275. The standard InChI is InChI=1S/C18H13BrFN3O/c19-13-3-1-5-15(8-13)23-18(24)12-7-17(11-21-10-12)22-16-6-2-4-14(20)9-16/h1-11,22H,(H,23,24). The summed E-state index contributed by atoms with van der Waals surface area (Å²) >= 11 is 3.36. The average Bonchev–Trinajstić information content (AvgIpc) is 2.55. The predicted octanol–water partition coefficient (Wildman–Crippen LogP) is 4.98. The normalized spacial score (nSPS) is 10.2. The summed E-state index contributed by atoms with van der Waals surface area (Å²) in [6, 6.07) is 15.0. The molecule has 1 aromatic heterocycles. The number of halogens is 2. The molecule has 3 aromatic rings. The molecule has 24 heavy (non-hydrogen) atoms. The van der Waals surface area contributed by atoms with Gasteiger partial charge in [0.2, 0.25) is 0 Å². The number of amides is 1. The third kappa shape index (κ3) is 4.17. The number of anilines is 3. The zero-order valence-electron chi connectivity index (χ0n) is 12.5. The first-order valence-corrected chi connectivity index (χ1v) is 7.94. The van der Waals surface area contributed by atoms with E-state index in [0.717, 1.165) is 4.47 Å². The van der Waals surface area contributed by atoms with Crippen LogP contribution in [0.5, 0.6) is 0 Å². The van der Waals surface area contributed by atoms with E-state index in [2.05, 4.69) is 31.5 Å². The number of rotatable bonds is 4. The number of pyridine rings is 1. The summed E-state index contributed by atoms with van der Waals surface area (Å²) in [5, 5.41) is 5.83. The van der Waals surface area contributed by atoms with Gasteiger partial charge >= 0.3 is 0 Å². The first kappa shape index (κ1) is 16.1. The van der Waals surface area contributed by atoms with E-state index in [0.29, 0.717) is 22.6 Å². The fourth-order valence-electron chi connectivity index (χ4n) is 2.13. The summed E-state index contributed by atoms with van der Waals surface area (Å²) in [5.74, 6) is -0.611. The molecule has 1 amide bonds. The first-order chi connectivity index (χ1) is 11.6. The van der Waals surface area contributed by atoms with Gasteiger partial charge in [0.1, 0.15) is 5.82 Å². The molecule has 1 heterocycles. The lowest BCUT2D eigenvalue weighted by Gasteiger charge is -2.09. The minimum atomic E-state index is -0.337. The summed E-state index contributed by atoms with van der Waals surface area (Å²) < 4.78 is 14.1. The van der Waals surface area contributed by atoms with Crippen molar-refractivity contribution < 1.29 is 9.18 Å². The van der Waals surface area contributed by atoms with Gasteiger partial charge in [0.15, 0.2) is 0 Å². The van der Waals surface area contributed by atoms with E-state index in [9.17, 15) is 9.18 Å². The van der Waals surface area contributed by atoms with Crippen molar-refractivity contribution in [3.05, 3.63) is 82.8 Å². The quantitative estimate of drug-likeness (QED) is 0.665. The molecule has 6 heteroatoms. The highest BCUT2D eigenvalue weighted by atomic mass is 79.9. The van der Waals surface area contributed by atoms with Gasteiger partial charge in [0.25, 0.3) is 5.91 Å². The van der Waals surface area contributed by atoms with Crippen LogP contribution in [0.2, 0.25) is 0 Å². The van der Waals surface area contributed by atoms with E-state index in [1.807, 2.05) is 12.1 Å². The Hall–Kier alpha value is -2.73. The highest BCUT2D eigenvalue weighted by Gasteiger charge is 2.08. The number of aromatic nitrogens is 1. The highest BCUT2D eigenvalue weighted by molar-refractivity contribution is 9.10. The molecule has 4 nitrogen and oxygen atoms in total. The van der Waals surface area contributed by atoms with Crippen molar-refractivity contribution in [3.63, 3.8) is 0 Å². The lowest BCUT2D eigenvalue weighted by atomic mass is 10.2. The number of carbonyl (C=O) groups is 1. The van der Waals surface area contributed by atoms with Crippen molar-refractivity contribution in [2.45, 2.75) is 0 Å². The van der Waals surface area contributed by atoms with Crippen LogP contribution in [0.3, 0.4) is 0 Å². The Morgan fingerprint density at radius 2 is 1.75 bits per heavy atom. The summed E-state index contributed by atoms with van der Waals surface area (Å²) in [6.45, 7) is 0. The number of nitrogens with zero attached hydrogens (tertiary/aromatic N) is 1. The molecular weight excluding hydrogens is 373 g/mol. The van der Waals surface area contributed by atoms with Gasteiger partial charge in [-0.3, -0.25) is 9.78 Å². The first-order valence-electron chi connectivity index (χ1n) is 7.15. The van der Waals surface area contributed by atoms with Gasteiger partial charge in [-0.1, -0.05) is 28.1 Å². The maximum atomic E-state index is 13.2. The summed E-state index contributed by atoms with van der Waals surface area (Å²) in [4.78, 5) is 16.4. The Kier molecular flexibility index (Phi) is 4.86. The molecule has 3 rings (SSSR count). The largest absolute Gasteiger partial charge is 0.354 e. The van der Waals surface area contributed by atoms with Crippen LogP contribution >= 0.6 is 15.9 Å². The van der Waals surface area contributed by atoms with Gasteiger partial charge in [-0.2, -0.15) is 0 Å². The SMILES string of the molecule is O=C(Nc1cccc(Br)c1)c1cncc(Nc2cccc(F)c2)c1. The zero-order valence-corrected chi connectivity index (χ0v) is 14.0. The van der Waals surface area contributed by atoms with Crippen molar-refractivity contribution in [2.75, 3.05) is 10.6 Å². The van der Waals surface area contributed by atoms with Crippen molar-refractivity contribution in [3.8, 4) is 0 Å². The monoisotopic (exact) mass is 385 g/mol. The van der Waals surface area contributed by atoms with E-state index in [-0.39, 0.29) is 11.7 Å². The van der Waals surface area contributed by atoms with E-state index in [1.54, 1.807) is 36.5 Å². The summed E-state index contributed by atoms with van der Waals surface area (Å²) in [6.07, 6.45) is 3.05. The smallest absolute Gasteiger partial charge is 0.257 e. The second-order valence-electron chi connectivity index (χ2n) is 5.06. The van der Waals surface area contributed by atoms with Crippen LogP contribution in [0.1, 0.15) is 10.4 Å². The number of nitrogens with one attached hydrogen (secondary N) is 2. The van der Waals surface area contributed by atoms with Gasteiger partial charge < -0.3 is 10.6 Å². The minimum Gasteiger partial charge on any atom is -0.354 e. The van der Waals surface area contributed by atoms with Crippen LogP contribution in [0, 0.1) is 5.82 Å². The maximum Gasteiger partial charge on any atom is 0.257 e. The summed E-state index contributed by atoms with van der Waals surface area (Å²) in [7, 11) is 0. The molecule has 120 valence electrons. The average molecular weight is 386 g/mol. The predicted molar refractivity (Wildman–Crippen MR) is 96.0 cm³/mol. The van der Waals surface area contributed by atoms with Crippen molar-refractivity contribution in [2.24, 2.45) is 0 Å². The number of hydrogen-bond acceptors (Lipinski definition) is 3. The molecule has 0 radical (unpaired) electrons. The van der Waals surface area contributed by atoms with E-state index in [4.69, 9.17) is 0 Å². The summed E-state index contributed by atoms with van der Waals surface area (Å²) in [5.41, 5.74) is 2.26. The van der Waals surface area contributed by atoms with Gasteiger partial charge in [-0.05, 0) is 42.5 Å². The lowest BCUT2D eigenvalue weighted by Crippen LogP contribution is -2.12. The molecule has 0 aliphatic heterocycles. The van der Waals surface area contributed by atoms with Crippen molar-refractivity contribution in [1.29, 1.82) is 0 Å². The number of benzene rings is 2. The molecular formula is C18H13BrFN3O. The highest BCUT2D eigenvalue weighted by Crippen LogP contribution is 2.19. The molecule has 0 aliphatic rings. The Morgan fingerprint density at radius 1 is 0.958 bits per heavy atom. The second-order valence-corrected chi connectivity index (χ2v) is 5.98. The van der Waals surface area contributed by atoms with Crippen molar-refractivity contribution in [1.82, 2.24) is 4.98 Å². The van der Waals surface area contributed by atoms with E-state index in [1.165, 1.54) is 18.3 Å². The molecule has 0 aliphatic carbocycles. The molecule has 2 N–H and O–H groups in total. The Labute approximate surface area is 146 Å². The molecule has 2 aromatic carbocycles. The van der Waals surface area contributed by atoms with Crippen LogP contribution in [-0.2, 0) is 0 Å². The third-order valence-electron chi connectivity index (χ3n) is 3.20. The Balaban J connectivity index is 1.76. The molecule has 0 unspecified atom stereocenters. The van der Waals surface area contributed by atoms with E-state index < -0.39 is 0 Å². The second kappa shape index (κ2) is 7.23. The molecule has 0 saturated carbocycles. The maximum absolute atomic E-state index is 13.2. The van der Waals surface area contributed by atoms with Crippen LogP contribution in [0.25, 0.3) is 0 Å². The van der Waals surface area contributed by atoms with Crippen LogP contribution < -0.4 is 10.6 Å². The molecule has 0 bridgehead atoms. The molecule has 0 fully saturated rings. The van der Waals surface area contributed by atoms with Gasteiger partial charge in [-0.15, -0.1) is 0 Å². The lowest BCUT2D eigenvalue weighted by molar-refractivity contribution is 0.102. The van der Waals surface area contributed by atoms with E-state index >= 15 is 0 Å². The van der Waals surface area contributed by atoms with Gasteiger partial charge in [0, 0.05) is 22.0 Å². The van der Waals surface area contributed by atoms with Crippen LogP contribution in [0.15, 0.2) is 71.5 Å². The van der Waals surface area contributed by atoms with Gasteiger partial charge in [-0.25, -0.2) is 4.39 Å². The number of carbonyl (C=O) groups excluding carboxylic acids is 1. The van der Waals surface area contributed by atoms with Crippen LogP contribution in [-0.4, -0.2) is 10.9 Å². The Morgan fingerprint density at radius 3 is 2.54 bits per heavy atom. The fourth-order valence-corrected chi connectivity index (χ4v) is 2.53. The van der Waals surface area contributed by atoms with Crippen LogP contribution in [0.4, 0.5) is 21.5 Å². The molecule has 0 atom stereocenters. The third-order valence-corrected chi connectivity index (χ3v) is 3.69. The van der Waals surface area contributed by atoms with Gasteiger partial charge in [0.05, 0.1) is 17.4 Å². The molecule has 0 saturated heterocycles.